The van der Waals surface area contributed by atoms with Gasteiger partial charge in [0.1, 0.15) is 0 Å². The molecule has 1 unspecified atom stereocenters. The molecule has 1 atom stereocenters. The van der Waals surface area contributed by atoms with Crippen molar-refractivity contribution < 1.29 is 10.2 Å². The van der Waals surface area contributed by atoms with Crippen LogP contribution in [0.2, 0.25) is 0 Å². The van der Waals surface area contributed by atoms with Gasteiger partial charge in [-0.25, -0.2) is 0 Å². The van der Waals surface area contributed by atoms with Crippen molar-refractivity contribution in [1.29, 1.82) is 0 Å². The van der Waals surface area contributed by atoms with Gasteiger partial charge < -0.3 is 10.2 Å². The summed E-state index contributed by atoms with van der Waals surface area (Å²) in [5.41, 5.74) is 0.862. The third kappa shape index (κ3) is 3.95. The number of likely N-dealkylation sites (N-methyl/N-ethyl adjacent to an activating group) is 1. The number of aliphatic hydroxyl groups excluding tert-OH is 2. The van der Waals surface area contributed by atoms with Crippen LogP contribution in [0, 0.1) is 0 Å². The molecule has 4 nitrogen and oxygen atoms in total. The van der Waals surface area contributed by atoms with E-state index in [-0.39, 0.29) is 6.61 Å². The number of rotatable bonds is 6. The Balaban J connectivity index is 2.50. The first-order valence-corrected chi connectivity index (χ1v) is 5.19. The molecule has 0 bridgehead atoms. The average molecular weight is 210 g/mol. The Morgan fingerprint density at radius 3 is 2.60 bits per heavy atom. The Hall–Kier alpha value is -0.970. The predicted molar refractivity (Wildman–Crippen MR) is 58.4 cm³/mol. The highest BCUT2D eigenvalue weighted by Gasteiger charge is 2.11. The van der Waals surface area contributed by atoms with Gasteiger partial charge in [-0.05, 0) is 24.2 Å². The van der Waals surface area contributed by atoms with Gasteiger partial charge in [-0.15, -0.1) is 0 Å². The molecule has 1 rings (SSSR count). The van der Waals surface area contributed by atoms with E-state index in [0.717, 1.165) is 12.1 Å². The molecule has 0 spiro atoms. The molecular formula is C11H18N2O2. The molecule has 0 aromatic carbocycles. The van der Waals surface area contributed by atoms with Crippen molar-refractivity contribution in [2.75, 3.05) is 26.2 Å². The predicted octanol–water partition coefficient (Wildman–Crippen LogP) is 0.429. The van der Waals surface area contributed by atoms with E-state index in [4.69, 9.17) is 5.11 Å². The minimum atomic E-state index is -0.514. The summed E-state index contributed by atoms with van der Waals surface area (Å²) in [7, 11) is 0. The lowest BCUT2D eigenvalue weighted by atomic mass is 10.1. The average Bonchev–Trinajstić information content (AvgIpc) is 2.29. The summed E-state index contributed by atoms with van der Waals surface area (Å²) in [6.45, 7) is 4.09. The maximum absolute atomic E-state index is 9.90. The van der Waals surface area contributed by atoms with Crippen LogP contribution in [-0.4, -0.2) is 46.3 Å². The van der Waals surface area contributed by atoms with Crippen LogP contribution >= 0.6 is 0 Å². The van der Waals surface area contributed by atoms with Crippen molar-refractivity contribution in [2.24, 2.45) is 0 Å². The molecular weight excluding hydrogens is 192 g/mol. The van der Waals surface area contributed by atoms with E-state index in [2.05, 4.69) is 4.98 Å². The Labute approximate surface area is 90.2 Å². The molecule has 0 aliphatic carbocycles. The van der Waals surface area contributed by atoms with Gasteiger partial charge in [-0.2, -0.15) is 0 Å². The fourth-order valence-electron chi connectivity index (χ4n) is 1.46. The molecule has 1 aromatic rings. The van der Waals surface area contributed by atoms with Gasteiger partial charge in [-0.3, -0.25) is 9.88 Å². The van der Waals surface area contributed by atoms with Gasteiger partial charge in [0.15, 0.2) is 0 Å². The van der Waals surface area contributed by atoms with Gasteiger partial charge in [0.05, 0.1) is 12.7 Å². The van der Waals surface area contributed by atoms with E-state index in [1.165, 1.54) is 0 Å². The summed E-state index contributed by atoms with van der Waals surface area (Å²) in [4.78, 5) is 5.90. The van der Waals surface area contributed by atoms with E-state index in [0.29, 0.717) is 13.1 Å². The number of aliphatic hydroxyl groups is 2. The molecule has 0 aliphatic rings. The second kappa shape index (κ2) is 6.50. The highest BCUT2D eigenvalue weighted by molar-refractivity contribution is 5.13. The fourth-order valence-corrected chi connectivity index (χ4v) is 1.46. The number of hydrogen-bond donors (Lipinski definition) is 2. The highest BCUT2D eigenvalue weighted by atomic mass is 16.3. The Bertz CT molecular complexity index is 267. The number of pyridine rings is 1. The number of nitrogens with zero attached hydrogens (tertiary/aromatic N) is 2. The smallest absolute Gasteiger partial charge is 0.0918 e. The summed E-state index contributed by atoms with van der Waals surface area (Å²) < 4.78 is 0. The van der Waals surface area contributed by atoms with E-state index < -0.39 is 6.10 Å². The molecule has 0 saturated heterocycles. The highest BCUT2D eigenvalue weighted by Crippen LogP contribution is 2.12. The quantitative estimate of drug-likeness (QED) is 0.715. The molecule has 0 saturated carbocycles. The molecule has 0 radical (unpaired) electrons. The van der Waals surface area contributed by atoms with Crippen LogP contribution < -0.4 is 0 Å². The molecule has 4 heteroatoms. The molecule has 1 aromatic heterocycles. The lowest BCUT2D eigenvalue weighted by Gasteiger charge is -2.22. The molecule has 0 aliphatic heterocycles. The van der Waals surface area contributed by atoms with E-state index in [9.17, 15) is 5.11 Å². The lowest BCUT2D eigenvalue weighted by molar-refractivity contribution is 0.103. The van der Waals surface area contributed by atoms with E-state index in [1.807, 2.05) is 11.8 Å². The zero-order valence-corrected chi connectivity index (χ0v) is 9.00. The fraction of sp³-hybridized carbons (Fsp3) is 0.545. The molecule has 1 heterocycles. The van der Waals surface area contributed by atoms with Crippen molar-refractivity contribution in [3.05, 3.63) is 30.1 Å². The first-order valence-electron chi connectivity index (χ1n) is 5.19. The second-order valence-corrected chi connectivity index (χ2v) is 3.41. The molecule has 2 N–H and O–H groups in total. The first-order chi connectivity index (χ1) is 7.27. The Kier molecular flexibility index (Phi) is 5.25. The minimum Gasteiger partial charge on any atom is -0.395 e. The second-order valence-electron chi connectivity index (χ2n) is 3.41. The van der Waals surface area contributed by atoms with Gasteiger partial charge in [0.25, 0.3) is 0 Å². The minimum absolute atomic E-state index is 0.122. The summed E-state index contributed by atoms with van der Waals surface area (Å²) in [6, 6.07) is 3.61. The summed E-state index contributed by atoms with van der Waals surface area (Å²) >= 11 is 0. The normalized spacial score (nSPS) is 13.1. The van der Waals surface area contributed by atoms with Crippen molar-refractivity contribution in [1.82, 2.24) is 9.88 Å². The van der Waals surface area contributed by atoms with Crippen LogP contribution in [0.3, 0.4) is 0 Å². The Morgan fingerprint density at radius 2 is 2.07 bits per heavy atom. The maximum Gasteiger partial charge on any atom is 0.0918 e. The number of aromatic nitrogens is 1. The first kappa shape index (κ1) is 12.1. The number of hydrogen-bond acceptors (Lipinski definition) is 4. The Morgan fingerprint density at radius 1 is 1.40 bits per heavy atom. The molecule has 0 fully saturated rings. The van der Waals surface area contributed by atoms with Crippen molar-refractivity contribution in [2.45, 2.75) is 13.0 Å². The molecule has 84 valence electrons. The summed E-state index contributed by atoms with van der Waals surface area (Å²) in [5, 5.41) is 18.7. The third-order valence-corrected chi connectivity index (χ3v) is 2.39. The molecule has 15 heavy (non-hydrogen) atoms. The zero-order chi connectivity index (χ0) is 11.1. The van der Waals surface area contributed by atoms with E-state index in [1.54, 1.807) is 24.5 Å². The van der Waals surface area contributed by atoms with Crippen LogP contribution in [0.25, 0.3) is 0 Å². The van der Waals surface area contributed by atoms with Crippen LogP contribution in [0.1, 0.15) is 18.6 Å². The van der Waals surface area contributed by atoms with E-state index >= 15 is 0 Å². The molecule has 0 amide bonds. The van der Waals surface area contributed by atoms with Crippen LogP contribution in [0.5, 0.6) is 0 Å². The maximum atomic E-state index is 9.90. The summed E-state index contributed by atoms with van der Waals surface area (Å²) in [6.07, 6.45) is 2.82. The van der Waals surface area contributed by atoms with Crippen LogP contribution in [-0.2, 0) is 0 Å². The standard InChI is InChI=1S/C11H18N2O2/c1-2-13(7-8-14)9-11(15)10-3-5-12-6-4-10/h3-6,11,14-15H,2,7-9H2,1H3. The van der Waals surface area contributed by atoms with Crippen molar-refractivity contribution >= 4 is 0 Å². The van der Waals surface area contributed by atoms with Crippen LogP contribution in [0.4, 0.5) is 0 Å². The SMILES string of the molecule is CCN(CCO)CC(O)c1ccncc1. The monoisotopic (exact) mass is 210 g/mol. The largest absolute Gasteiger partial charge is 0.395 e. The van der Waals surface area contributed by atoms with Gasteiger partial charge in [0.2, 0.25) is 0 Å². The third-order valence-electron chi connectivity index (χ3n) is 2.39. The van der Waals surface area contributed by atoms with Gasteiger partial charge in [-0.1, -0.05) is 6.92 Å². The van der Waals surface area contributed by atoms with Gasteiger partial charge >= 0.3 is 0 Å². The summed E-state index contributed by atoms with van der Waals surface area (Å²) in [5.74, 6) is 0. The van der Waals surface area contributed by atoms with Crippen LogP contribution in [0.15, 0.2) is 24.5 Å². The lowest BCUT2D eigenvalue weighted by Crippen LogP contribution is -2.31. The van der Waals surface area contributed by atoms with Crippen molar-refractivity contribution in [3.63, 3.8) is 0 Å². The van der Waals surface area contributed by atoms with Gasteiger partial charge in [0, 0.05) is 25.5 Å². The zero-order valence-electron chi connectivity index (χ0n) is 9.00. The topological polar surface area (TPSA) is 56.6 Å². The van der Waals surface area contributed by atoms with Crippen molar-refractivity contribution in [3.8, 4) is 0 Å².